The first-order valence-corrected chi connectivity index (χ1v) is 5.71. The minimum atomic E-state index is -4.37. The highest BCUT2D eigenvalue weighted by Gasteiger charge is 2.42. The number of carboxylic acids is 1. The summed E-state index contributed by atoms with van der Waals surface area (Å²) in [7, 11) is 0. The molecule has 0 bridgehead atoms. The van der Waals surface area contributed by atoms with Crippen molar-refractivity contribution in [2.24, 2.45) is 5.92 Å². The number of piperidine rings is 1. The SMILES string of the molecule is O=C(O)[C@H](CO)NC(=O)N1CCCC(C(F)(F)F)C1. The summed E-state index contributed by atoms with van der Waals surface area (Å²) >= 11 is 0. The van der Waals surface area contributed by atoms with E-state index in [1.54, 1.807) is 0 Å². The van der Waals surface area contributed by atoms with E-state index in [-0.39, 0.29) is 19.4 Å². The third-order valence-corrected chi connectivity index (χ3v) is 2.95. The Balaban J connectivity index is 2.60. The lowest BCUT2D eigenvalue weighted by Gasteiger charge is -2.34. The maximum Gasteiger partial charge on any atom is 0.393 e. The number of carboxylic acid groups (broad SMARTS) is 1. The Morgan fingerprint density at radius 2 is 2.05 bits per heavy atom. The molecular weight excluding hydrogens is 269 g/mol. The van der Waals surface area contributed by atoms with E-state index in [1.807, 2.05) is 5.32 Å². The fourth-order valence-corrected chi connectivity index (χ4v) is 1.85. The first-order valence-electron chi connectivity index (χ1n) is 5.71. The van der Waals surface area contributed by atoms with E-state index >= 15 is 0 Å². The average Bonchev–Trinajstić information content (AvgIpc) is 2.34. The predicted molar refractivity (Wildman–Crippen MR) is 57.4 cm³/mol. The number of nitrogens with zero attached hydrogens (tertiary/aromatic N) is 1. The third kappa shape index (κ3) is 4.27. The molecule has 19 heavy (non-hydrogen) atoms. The van der Waals surface area contributed by atoms with Crippen LogP contribution in [0.2, 0.25) is 0 Å². The number of likely N-dealkylation sites (tertiary alicyclic amines) is 1. The summed E-state index contributed by atoms with van der Waals surface area (Å²) in [5, 5.41) is 19.3. The van der Waals surface area contributed by atoms with Crippen LogP contribution in [-0.2, 0) is 4.79 Å². The molecule has 1 unspecified atom stereocenters. The van der Waals surface area contributed by atoms with Gasteiger partial charge in [0.15, 0.2) is 6.04 Å². The van der Waals surface area contributed by atoms with Crippen LogP contribution in [0.5, 0.6) is 0 Å². The second-order valence-electron chi connectivity index (χ2n) is 4.35. The van der Waals surface area contributed by atoms with Crippen molar-refractivity contribution in [3.05, 3.63) is 0 Å². The monoisotopic (exact) mass is 284 g/mol. The number of aliphatic hydroxyl groups excluding tert-OH is 1. The molecule has 0 saturated carbocycles. The number of amides is 2. The van der Waals surface area contributed by atoms with E-state index in [0.717, 1.165) is 4.90 Å². The largest absolute Gasteiger partial charge is 0.480 e. The molecule has 0 aromatic carbocycles. The molecule has 3 N–H and O–H groups in total. The number of alkyl halides is 3. The van der Waals surface area contributed by atoms with Crippen molar-refractivity contribution in [3.63, 3.8) is 0 Å². The maximum absolute atomic E-state index is 12.5. The maximum atomic E-state index is 12.5. The molecule has 1 aliphatic rings. The van der Waals surface area contributed by atoms with Crippen LogP contribution in [-0.4, -0.2) is 59.0 Å². The van der Waals surface area contributed by atoms with Gasteiger partial charge in [0.2, 0.25) is 0 Å². The van der Waals surface area contributed by atoms with Crippen LogP contribution in [0.4, 0.5) is 18.0 Å². The Morgan fingerprint density at radius 3 is 2.53 bits per heavy atom. The van der Waals surface area contributed by atoms with E-state index < -0.39 is 43.3 Å². The number of carbonyl (C=O) groups excluding carboxylic acids is 1. The molecule has 2 atom stereocenters. The van der Waals surface area contributed by atoms with Crippen LogP contribution in [0.25, 0.3) is 0 Å². The van der Waals surface area contributed by atoms with Crippen molar-refractivity contribution in [3.8, 4) is 0 Å². The number of hydrogen-bond acceptors (Lipinski definition) is 3. The van der Waals surface area contributed by atoms with Gasteiger partial charge in [-0.05, 0) is 12.8 Å². The lowest BCUT2D eigenvalue weighted by molar-refractivity contribution is -0.184. The molecule has 9 heteroatoms. The Morgan fingerprint density at radius 1 is 1.42 bits per heavy atom. The van der Waals surface area contributed by atoms with Gasteiger partial charge in [-0.15, -0.1) is 0 Å². The highest BCUT2D eigenvalue weighted by Crippen LogP contribution is 2.33. The number of urea groups is 1. The summed E-state index contributed by atoms with van der Waals surface area (Å²) in [6.07, 6.45) is -4.22. The minimum Gasteiger partial charge on any atom is -0.480 e. The smallest absolute Gasteiger partial charge is 0.393 e. The number of aliphatic hydroxyl groups is 1. The third-order valence-electron chi connectivity index (χ3n) is 2.95. The van der Waals surface area contributed by atoms with Crippen molar-refractivity contribution in [2.75, 3.05) is 19.7 Å². The van der Waals surface area contributed by atoms with Crippen molar-refractivity contribution < 1.29 is 33.0 Å². The molecule has 1 saturated heterocycles. The number of halogens is 3. The summed E-state index contributed by atoms with van der Waals surface area (Å²) in [6.45, 7) is -1.18. The zero-order valence-corrected chi connectivity index (χ0v) is 9.98. The summed E-state index contributed by atoms with van der Waals surface area (Å²) in [5.41, 5.74) is 0. The van der Waals surface area contributed by atoms with E-state index in [4.69, 9.17) is 10.2 Å². The van der Waals surface area contributed by atoms with Gasteiger partial charge < -0.3 is 20.4 Å². The summed E-state index contributed by atoms with van der Waals surface area (Å²) in [6, 6.07) is -2.42. The van der Waals surface area contributed by atoms with Crippen molar-refractivity contribution >= 4 is 12.0 Å². The predicted octanol–water partition coefficient (Wildman–Crippen LogP) is 0.416. The molecule has 6 nitrogen and oxygen atoms in total. The Kier molecular flexibility index (Phi) is 4.98. The minimum absolute atomic E-state index is 0.0460. The fraction of sp³-hybridized carbons (Fsp3) is 0.800. The number of carbonyl (C=O) groups is 2. The van der Waals surface area contributed by atoms with Gasteiger partial charge in [-0.25, -0.2) is 9.59 Å². The van der Waals surface area contributed by atoms with Gasteiger partial charge in [-0.3, -0.25) is 0 Å². The van der Waals surface area contributed by atoms with E-state index in [0.29, 0.717) is 0 Å². The first kappa shape index (κ1) is 15.5. The Hall–Kier alpha value is -1.51. The van der Waals surface area contributed by atoms with Gasteiger partial charge in [0.05, 0.1) is 12.5 Å². The lowest BCUT2D eigenvalue weighted by atomic mass is 9.98. The summed E-state index contributed by atoms with van der Waals surface area (Å²) < 4.78 is 37.6. The van der Waals surface area contributed by atoms with Crippen LogP contribution >= 0.6 is 0 Å². The van der Waals surface area contributed by atoms with Crippen LogP contribution in [0.3, 0.4) is 0 Å². The zero-order chi connectivity index (χ0) is 14.6. The molecule has 0 spiro atoms. The topological polar surface area (TPSA) is 89.9 Å². The Labute approximate surface area is 107 Å². The summed E-state index contributed by atoms with van der Waals surface area (Å²) in [5.74, 6) is -3.04. The molecule has 0 aliphatic carbocycles. The molecule has 110 valence electrons. The molecule has 0 aromatic heterocycles. The van der Waals surface area contributed by atoms with Gasteiger partial charge in [0.1, 0.15) is 0 Å². The molecule has 0 radical (unpaired) electrons. The number of aliphatic carboxylic acids is 1. The molecule has 1 aliphatic heterocycles. The zero-order valence-electron chi connectivity index (χ0n) is 9.98. The van der Waals surface area contributed by atoms with Crippen molar-refractivity contribution in [2.45, 2.75) is 25.1 Å². The average molecular weight is 284 g/mol. The highest BCUT2D eigenvalue weighted by atomic mass is 19.4. The normalized spacial score (nSPS) is 21.9. The van der Waals surface area contributed by atoms with Gasteiger partial charge in [0.25, 0.3) is 0 Å². The van der Waals surface area contributed by atoms with E-state index in [1.165, 1.54) is 0 Å². The molecular formula is C10H15F3N2O4. The lowest BCUT2D eigenvalue weighted by Crippen LogP contribution is -2.53. The molecule has 2 amide bonds. The molecule has 1 heterocycles. The fourth-order valence-electron chi connectivity index (χ4n) is 1.85. The standard InChI is InChI=1S/C10H15F3N2O4/c11-10(12,13)6-2-1-3-15(4-6)9(19)14-7(5-16)8(17)18/h6-7,16H,1-5H2,(H,14,19)(H,17,18)/t6?,7-/m0/s1. The number of nitrogens with one attached hydrogen (secondary N) is 1. The number of hydrogen-bond donors (Lipinski definition) is 3. The van der Waals surface area contributed by atoms with Crippen molar-refractivity contribution in [1.82, 2.24) is 10.2 Å². The number of rotatable bonds is 3. The molecule has 1 rings (SSSR count). The van der Waals surface area contributed by atoms with E-state index in [9.17, 15) is 22.8 Å². The summed E-state index contributed by atoms with van der Waals surface area (Å²) in [4.78, 5) is 23.1. The van der Waals surface area contributed by atoms with Crippen LogP contribution in [0.1, 0.15) is 12.8 Å². The second kappa shape index (κ2) is 6.09. The first-order chi connectivity index (χ1) is 8.75. The van der Waals surface area contributed by atoms with Crippen LogP contribution < -0.4 is 5.32 Å². The van der Waals surface area contributed by atoms with Crippen molar-refractivity contribution in [1.29, 1.82) is 0 Å². The quantitative estimate of drug-likeness (QED) is 0.700. The second-order valence-corrected chi connectivity index (χ2v) is 4.35. The Bertz CT molecular complexity index is 348. The van der Waals surface area contributed by atoms with Crippen LogP contribution in [0.15, 0.2) is 0 Å². The van der Waals surface area contributed by atoms with Gasteiger partial charge in [-0.2, -0.15) is 13.2 Å². The van der Waals surface area contributed by atoms with Gasteiger partial charge in [0, 0.05) is 13.1 Å². The highest BCUT2D eigenvalue weighted by molar-refractivity contribution is 5.82. The van der Waals surface area contributed by atoms with Gasteiger partial charge >= 0.3 is 18.2 Å². The molecule has 1 fully saturated rings. The van der Waals surface area contributed by atoms with Gasteiger partial charge in [-0.1, -0.05) is 0 Å². The van der Waals surface area contributed by atoms with Crippen LogP contribution in [0, 0.1) is 5.92 Å². The molecule has 0 aromatic rings. The van der Waals surface area contributed by atoms with E-state index in [2.05, 4.69) is 0 Å².